The number of allylic oxidation sites excluding steroid dienone is 1. The summed E-state index contributed by atoms with van der Waals surface area (Å²) in [5.74, 6) is 0.896. The Bertz CT molecular complexity index is 414. The van der Waals surface area contributed by atoms with Crippen LogP contribution in [0.1, 0.15) is 39.0 Å². The minimum absolute atomic E-state index is 0.0415. The van der Waals surface area contributed by atoms with Crippen LogP contribution >= 0.6 is 0 Å². The molecule has 98 valence electrons. The molecular formula is C15H20O3. The highest BCUT2D eigenvalue weighted by Gasteiger charge is 2.66. The number of carbonyl (C=O) groups excluding carboxylic acids is 2. The zero-order valence-electron chi connectivity index (χ0n) is 10.9. The fourth-order valence-electron chi connectivity index (χ4n) is 4.65. The summed E-state index contributed by atoms with van der Waals surface area (Å²) in [7, 11) is 0. The Morgan fingerprint density at radius 1 is 1.44 bits per heavy atom. The number of esters is 1. The average molecular weight is 248 g/mol. The van der Waals surface area contributed by atoms with Crippen LogP contribution in [-0.2, 0) is 14.3 Å². The van der Waals surface area contributed by atoms with Crippen LogP contribution in [0.15, 0.2) is 12.7 Å². The molecular weight excluding hydrogens is 228 g/mol. The molecule has 0 aromatic heterocycles. The molecule has 2 aliphatic carbocycles. The maximum Gasteiger partial charge on any atom is 0.306 e. The van der Waals surface area contributed by atoms with Crippen LogP contribution in [0.25, 0.3) is 0 Å². The van der Waals surface area contributed by atoms with E-state index in [0.717, 1.165) is 12.8 Å². The molecule has 3 nitrogen and oxygen atoms in total. The first-order chi connectivity index (χ1) is 8.59. The van der Waals surface area contributed by atoms with Crippen LogP contribution in [-0.4, -0.2) is 17.9 Å². The van der Waals surface area contributed by atoms with Gasteiger partial charge in [-0.25, -0.2) is 0 Å². The minimum atomic E-state index is -0.208. The number of ketones is 1. The van der Waals surface area contributed by atoms with Crippen molar-refractivity contribution in [1.82, 2.24) is 0 Å². The van der Waals surface area contributed by atoms with Crippen molar-refractivity contribution in [3.05, 3.63) is 12.7 Å². The normalized spacial score (nSPS) is 46.5. The number of ether oxygens (including phenoxy) is 1. The van der Waals surface area contributed by atoms with E-state index in [2.05, 4.69) is 13.5 Å². The second-order valence-corrected chi connectivity index (χ2v) is 6.20. The van der Waals surface area contributed by atoms with Gasteiger partial charge in [0.15, 0.2) is 0 Å². The van der Waals surface area contributed by atoms with E-state index >= 15 is 0 Å². The molecule has 1 saturated heterocycles. The van der Waals surface area contributed by atoms with Gasteiger partial charge in [-0.1, -0.05) is 13.0 Å². The first-order valence-electron chi connectivity index (χ1n) is 6.92. The van der Waals surface area contributed by atoms with E-state index in [-0.39, 0.29) is 23.4 Å². The van der Waals surface area contributed by atoms with E-state index in [1.54, 1.807) is 0 Å². The van der Waals surface area contributed by atoms with Gasteiger partial charge in [-0.3, -0.25) is 9.59 Å². The van der Waals surface area contributed by atoms with E-state index in [0.29, 0.717) is 36.9 Å². The van der Waals surface area contributed by atoms with E-state index in [1.165, 1.54) is 0 Å². The Kier molecular flexibility index (Phi) is 2.61. The molecule has 3 fully saturated rings. The summed E-state index contributed by atoms with van der Waals surface area (Å²) >= 11 is 0. The molecule has 3 aliphatic rings. The van der Waals surface area contributed by atoms with Crippen molar-refractivity contribution >= 4 is 11.8 Å². The van der Waals surface area contributed by atoms with Gasteiger partial charge in [0.2, 0.25) is 0 Å². The van der Waals surface area contributed by atoms with Crippen LogP contribution in [0.3, 0.4) is 0 Å². The van der Waals surface area contributed by atoms with Crippen LogP contribution in [0.4, 0.5) is 0 Å². The maximum absolute atomic E-state index is 12.3. The SMILES string of the molecule is C=CC[C@H]1C(=O)C[C@@H]2CC[C@H](C)[C@H]3OC(=O)C[C@@]231. The van der Waals surface area contributed by atoms with Crippen molar-refractivity contribution in [2.45, 2.75) is 45.1 Å². The molecule has 2 saturated carbocycles. The number of Topliss-reactive ketones (excluding diaryl/α,β-unsaturated/α-hetero) is 1. The lowest BCUT2D eigenvalue weighted by molar-refractivity contribution is -0.146. The molecule has 0 amide bonds. The minimum Gasteiger partial charge on any atom is -0.461 e. The summed E-state index contributed by atoms with van der Waals surface area (Å²) in [4.78, 5) is 24.1. The topological polar surface area (TPSA) is 43.4 Å². The third-order valence-corrected chi connectivity index (χ3v) is 5.37. The lowest BCUT2D eigenvalue weighted by Crippen LogP contribution is -2.47. The summed E-state index contributed by atoms with van der Waals surface area (Å²) in [6.45, 7) is 5.91. The molecule has 18 heavy (non-hydrogen) atoms. The van der Waals surface area contributed by atoms with Gasteiger partial charge in [0.1, 0.15) is 11.9 Å². The average Bonchev–Trinajstić information content (AvgIpc) is 2.80. The van der Waals surface area contributed by atoms with Gasteiger partial charge >= 0.3 is 5.97 Å². The number of carbonyl (C=O) groups is 2. The van der Waals surface area contributed by atoms with Crippen molar-refractivity contribution in [2.24, 2.45) is 23.2 Å². The monoisotopic (exact) mass is 248 g/mol. The molecule has 3 rings (SSSR count). The van der Waals surface area contributed by atoms with Crippen molar-refractivity contribution in [3.8, 4) is 0 Å². The second-order valence-electron chi connectivity index (χ2n) is 6.20. The Morgan fingerprint density at radius 3 is 2.94 bits per heavy atom. The maximum atomic E-state index is 12.3. The molecule has 0 aromatic rings. The number of hydrogen-bond acceptors (Lipinski definition) is 3. The predicted octanol–water partition coefficient (Wildman–Crippen LogP) is 2.50. The highest BCUT2D eigenvalue weighted by Crippen LogP contribution is 2.62. The molecule has 5 atom stereocenters. The van der Waals surface area contributed by atoms with Crippen LogP contribution < -0.4 is 0 Å². The van der Waals surface area contributed by atoms with Gasteiger partial charge in [0, 0.05) is 17.8 Å². The zero-order valence-corrected chi connectivity index (χ0v) is 10.9. The quantitative estimate of drug-likeness (QED) is 0.557. The largest absolute Gasteiger partial charge is 0.461 e. The second kappa shape index (κ2) is 3.94. The molecule has 1 heterocycles. The van der Waals surface area contributed by atoms with Crippen LogP contribution in [0, 0.1) is 23.2 Å². The molecule has 0 aromatic carbocycles. The van der Waals surface area contributed by atoms with Gasteiger partial charge in [-0.05, 0) is 31.1 Å². The summed E-state index contributed by atoms with van der Waals surface area (Å²) < 4.78 is 5.58. The van der Waals surface area contributed by atoms with Gasteiger partial charge in [0.05, 0.1) is 6.42 Å². The first-order valence-corrected chi connectivity index (χ1v) is 6.92. The standard InChI is InChI=1S/C15H20O3/c1-3-4-11-12(16)7-10-6-5-9(2)14-15(10,11)8-13(17)18-14/h3,9-11,14H,1,4-8H2,2H3/t9-,10-,11-,14+,15-/m0/s1. The molecule has 0 N–H and O–H groups in total. The van der Waals surface area contributed by atoms with E-state index in [4.69, 9.17) is 4.74 Å². The highest BCUT2D eigenvalue weighted by atomic mass is 16.6. The molecule has 0 unspecified atom stereocenters. The Labute approximate surface area is 108 Å². The lowest BCUT2D eigenvalue weighted by atomic mass is 9.58. The van der Waals surface area contributed by atoms with Gasteiger partial charge in [-0.2, -0.15) is 0 Å². The van der Waals surface area contributed by atoms with Gasteiger partial charge in [0.25, 0.3) is 0 Å². The van der Waals surface area contributed by atoms with Crippen molar-refractivity contribution in [3.63, 3.8) is 0 Å². The van der Waals surface area contributed by atoms with Gasteiger partial charge in [-0.15, -0.1) is 6.58 Å². The number of rotatable bonds is 2. The number of hydrogen-bond donors (Lipinski definition) is 0. The van der Waals surface area contributed by atoms with Gasteiger partial charge < -0.3 is 4.74 Å². The van der Waals surface area contributed by atoms with E-state index < -0.39 is 0 Å². The highest BCUT2D eigenvalue weighted by molar-refractivity contribution is 5.87. The Balaban J connectivity index is 2.05. The molecule has 3 heteroatoms. The third-order valence-electron chi connectivity index (χ3n) is 5.37. The smallest absolute Gasteiger partial charge is 0.306 e. The fraction of sp³-hybridized carbons (Fsp3) is 0.733. The van der Waals surface area contributed by atoms with E-state index in [1.807, 2.05) is 6.08 Å². The first kappa shape index (κ1) is 11.9. The zero-order chi connectivity index (χ0) is 12.9. The third kappa shape index (κ3) is 1.36. The summed E-state index contributed by atoms with van der Waals surface area (Å²) in [5.41, 5.74) is -0.208. The molecule has 1 aliphatic heterocycles. The van der Waals surface area contributed by atoms with Crippen LogP contribution in [0.2, 0.25) is 0 Å². The van der Waals surface area contributed by atoms with E-state index in [9.17, 15) is 9.59 Å². The summed E-state index contributed by atoms with van der Waals surface area (Å²) in [6.07, 6.45) is 5.68. The molecule has 1 spiro atoms. The summed E-state index contributed by atoms with van der Waals surface area (Å²) in [5, 5.41) is 0. The predicted molar refractivity (Wildman–Crippen MR) is 66.7 cm³/mol. The van der Waals surface area contributed by atoms with Crippen LogP contribution in [0.5, 0.6) is 0 Å². The molecule has 0 radical (unpaired) electrons. The summed E-state index contributed by atoms with van der Waals surface area (Å²) in [6, 6.07) is 0. The van der Waals surface area contributed by atoms with Crippen molar-refractivity contribution in [1.29, 1.82) is 0 Å². The molecule has 0 bridgehead atoms. The van der Waals surface area contributed by atoms with Crippen molar-refractivity contribution < 1.29 is 14.3 Å². The fourth-order valence-corrected chi connectivity index (χ4v) is 4.65. The Morgan fingerprint density at radius 2 is 2.22 bits per heavy atom. The lowest BCUT2D eigenvalue weighted by Gasteiger charge is -2.45. The van der Waals surface area contributed by atoms with Crippen molar-refractivity contribution in [2.75, 3.05) is 0 Å². The Hall–Kier alpha value is -1.12.